The zero-order valence-corrected chi connectivity index (χ0v) is 21.8. The van der Waals surface area contributed by atoms with E-state index in [1.807, 2.05) is 25.1 Å². The quantitative estimate of drug-likeness (QED) is 0.329. The van der Waals surface area contributed by atoms with E-state index in [1.165, 1.54) is 16.0 Å². The second-order valence-corrected chi connectivity index (χ2v) is 9.84. The molecule has 0 bridgehead atoms. The number of tetrazole rings is 1. The number of furan rings is 2. The number of nitrogens with one attached hydrogen (secondary N) is 1. The molecule has 0 spiro atoms. The van der Waals surface area contributed by atoms with Crippen molar-refractivity contribution in [2.45, 2.75) is 64.2 Å². The molecule has 0 radical (unpaired) electrons. The van der Waals surface area contributed by atoms with Crippen LogP contribution in [0.5, 0.6) is 0 Å². The van der Waals surface area contributed by atoms with Crippen molar-refractivity contribution in [2.24, 2.45) is 0 Å². The van der Waals surface area contributed by atoms with Gasteiger partial charge in [0.05, 0.1) is 6.26 Å². The topological polar surface area (TPSA) is 119 Å². The fourth-order valence-corrected chi connectivity index (χ4v) is 4.90. The summed E-state index contributed by atoms with van der Waals surface area (Å²) in [7, 11) is 0. The number of hydrogen-bond acceptors (Lipinski definition) is 7. The normalized spacial score (nSPS) is 14.8. The first-order chi connectivity index (χ1) is 18.5. The lowest BCUT2D eigenvalue weighted by atomic mass is 9.95. The van der Waals surface area contributed by atoms with Crippen LogP contribution in [0.1, 0.15) is 55.2 Å². The number of carbonyl (C=O) groups excluding carboxylic acids is 2. The Morgan fingerprint density at radius 1 is 1.13 bits per heavy atom. The molecule has 3 aromatic heterocycles. The van der Waals surface area contributed by atoms with Crippen molar-refractivity contribution in [3.8, 4) is 11.6 Å². The minimum absolute atomic E-state index is 0.0577. The van der Waals surface area contributed by atoms with Crippen molar-refractivity contribution < 1.29 is 18.4 Å². The minimum atomic E-state index is -1.01. The monoisotopic (exact) mass is 536 g/mol. The summed E-state index contributed by atoms with van der Waals surface area (Å²) in [5, 5.41) is 16.0. The Hall–Kier alpha value is -3.92. The van der Waals surface area contributed by atoms with Crippen LogP contribution in [0.2, 0.25) is 5.02 Å². The SMILES string of the molecule is Cc1ccc(-c2nnn(CC(=O)N(Cc3ccccc3Cl)[C@H](C(=O)NC3CCCCC3)c3ccco3)n2)o1. The van der Waals surface area contributed by atoms with E-state index in [9.17, 15) is 9.59 Å². The molecule has 38 heavy (non-hydrogen) atoms. The van der Waals surface area contributed by atoms with E-state index in [-0.39, 0.29) is 30.9 Å². The zero-order valence-electron chi connectivity index (χ0n) is 21.0. The molecule has 3 heterocycles. The lowest BCUT2D eigenvalue weighted by Crippen LogP contribution is -2.47. The van der Waals surface area contributed by atoms with Gasteiger partial charge in [-0.05, 0) is 60.9 Å². The van der Waals surface area contributed by atoms with Gasteiger partial charge in [-0.25, -0.2) is 0 Å². The molecular formula is C27H29ClN6O4. The average molecular weight is 537 g/mol. The molecule has 1 aliphatic carbocycles. The Morgan fingerprint density at radius 2 is 1.95 bits per heavy atom. The lowest BCUT2D eigenvalue weighted by molar-refractivity contribution is -0.143. The Bertz CT molecular complexity index is 1380. The van der Waals surface area contributed by atoms with Crippen LogP contribution in [0.4, 0.5) is 0 Å². The van der Waals surface area contributed by atoms with E-state index >= 15 is 0 Å². The van der Waals surface area contributed by atoms with Crippen LogP contribution in [0, 0.1) is 6.92 Å². The van der Waals surface area contributed by atoms with Gasteiger partial charge in [-0.15, -0.1) is 10.2 Å². The average Bonchev–Trinajstić information content (AvgIpc) is 3.68. The Balaban J connectivity index is 1.44. The first-order valence-electron chi connectivity index (χ1n) is 12.7. The Labute approximate surface area is 224 Å². The first-order valence-corrected chi connectivity index (χ1v) is 13.1. The van der Waals surface area contributed by atoms with Crippen LogP contribution >= 0.6 is 11.6 Å². The summed E-state index contributed by atoms with van der Waals surface area (Å²) in [6, 6.07) is 13.2. The molecule has 1 N–H and O–H groups in total. The second kappa shape index (κ2) is 11.6. The van der Waals surface area contributed by atoms with Gasteiger partial charge in [0, 0.05) is 17.6 Å². The van der Waals surface area contributed by atoms with Crippen molar-refractivity contribution in [1.82, 2.24) is 30.4 Å². The van der Waals surface area contributed by atoms with Crippen molar-refractivity contribution in [3.63, 3.8) is 0 Å². The number of aromatic nitrogens is 4. The summed E-state index contributed by atoms with van der Waals surface area (Å²) in [5.41, 5.74) is 0.697. The van der Waals surface area contributed by atoms with Gasteiger partial charge in [0.15, 0.2) is 11.8 Å². The highest BCUT2D eigenvalue weighted by Gasteiger charge is 2.35. The summed E-state index contributed by atoms with van der Waals surface area (Å²) < 4.78 is 11.2. The van der Waals surface area contributed by atoms with Gasteiger partial charge in [0.25, 0.3) is 5.91 Å². The summed E-state index contributed by atoms with van der Waals surface area (Å²) in [6.45, 7) is 1.66. The molecule has 2 amide bonds. The van der Waals surface area contributed by atoms with Gasteiger partial charge < -0.3 is 19.1 Å². The van der Waals surface area contributed by atoms with E-state index in [1.54, 1.807) is 30.3 Å². The fraction of sp³-hybridized carbons (Fsp3) is 0.370. The highest BCUT2D eigenvalue weighted by atomic mass is 35.5. The van der Waals surface area contributed by atoms with E-state index < -0.39 is 11.9 Å². The van der Waals surface area contributed by atoms with Gasteiger partial charge in [0.2, 0.25) is 11.7 Å². The third kappa shape index (κ3) is 5.96. The smallest absolute Gasteiger partial charge is 0.250 e. The Kier molecular flexibility index (Phi) is 7.88. The number of rotatable bonds is 9. The molecule has 1 aromatic carbocycles. The molecule has 1 saturated carbocycles. The fourth-order valence-electron chi connectivity index (χ4n) is 4.71. The van der Waals surface area contributed by atoms with Crippen molar-refractivity contribution in [2.75, 3.05) is 0 Å². The number of benzene rings is 1. The van der Waals surface area contributed by atoms with Crippen LogP contribution < -0.4 is 5.32 Å². The largest absolute Gasteiger partial charge is 0.467 e. The first kappa shape index (κ1) is 25.7. The number of amides is 2. The number of nitrogens with zero attached hydrogens (tertiary/aromatic N) is 5. The van der Waals surface area contributed by atoms with Crippen LogP contribution in [-0.4, -0.2) is 43.0 Å². The third-order valence-corrected chi connectivity index (χ3v) is 7.00. The maximum absolute atomic E-state index is 13.8. The molecular weight excluding hydrogens is 508 g/mol. The molecule has 0 unspecified atom stereocenters. The predicted molar refractivity (Wildman–Crippen MR) is 139 cm³/mol. The highest BCUT2D eigenvalue weighted by Crippen LogP contribution is 2.28. The number of carbonyl (C=O) groups is 2. The van der Waals surface area contributed by atoms with Gasteiger partial charge in [0.1, 0.15) is 18.1 Å². The van der Waals surface area contributed by atoms with Gasteiger partial charge in [-0.2, -0.15) is 4.80 Å². The molecule has 198 valence electrons. The van der Waals surface area contributed by atoms with Crippen LogP contribution in [-0.2, 0) is 22.7 Å². The second-order valence-electron chi connectivity index (χ2n) is 9.43. The molecule has 1 atom stereocenters. The van der Waals surface area contributed by atoms with E-state index in [4.69, 9.17) is 20.4 Å². The summed E-state index contributed by atoms with van der Waals surface area (Å²) in [5.74, 6) is 1.09. The van der Waals surface area contributed by atoms with Crippen molar-refractivity contribution >= 4 is 23.4 Å². The van der Waals surface area contributed by atoms with Crippen LogP contribution in [0.3, 0.4) is 0 Å². The maximum atomic E-state index is 13.8. The third-order valence-electron chi connectivity index (χ3n) is 6.63. The molecule has 0 aliphatic heterocycles. The maximum Gasteiger partial charge on any atom is 0.250 e. The molecule has 1 aliphatic rings. The molecule has 0 saturated heterocycles. The van der Waals surface area contributed by atoms with Gasteiger partial charge in [-0.1, -0.05) is 49.1 Å². The van der Waals surface area contributed by atoms with Gasteiger partial charge in [-0.3, -0.25) is 9.59 Å². The molecule has 4 aromatic rings. The molecule has 10 nitrogen and oxygen atoms in total. The number of halogens is 1. The summed E-state index contributed by atoms with van der Waals surface area (Å²) >= 11 is 6.46. The molecule has 5 rings (SSSR count). The van der Waals surface area contributed by atoms with Crippen molar-refractivity contribution in [1.29, 1.82) is 0 Å². The van der Waals surface area contributed by atoms with E-state index in [0.29, 0.717) is 27.9 Å². The predicted octanol–water partition coefficient (Wildman–Crippen LogP) is 4.71. The number of aryl methyl sites for hydroxylation is 1. The molecule has 11 heteroatoms. The minimum Gasteiger partial charge on any atom is -0.467 e. The summed E-state index contributed by atoms with van der Waals surface area (Å²) in [4.78, 5) is 30.2. The van der Waals surface area contributed by atoms with E-state index in [2.05, 4.69) is 20.7 Å². The van der Waals surface area contributed by atoms with Crippen LogP contribution in [0.15, 0.2) is 63.6 Å². The number of hydrogen-bond donors (Lipinski definition) is 1. The zero-order chi connectivity index (χ0) is 26.5. The highest BCUT2D eigenvalue weighted by molar-refractivity contribution is 6.31. The standard InChI is InChI=1S/C27H29ClN6O4/c1-18-13-14-23(38-18)26-30-32-34(31-26)17-24(35)33(16-19-8-5-6-11-21(19)28)25(22-12-7-15-37-22)27(36)29-20-9-3-2-4-10-20/h5-8,11-15,20,25H,2-4,9-10,16-17H2,1H3,(H,29,36)/t25-/m0/s1. The van der Waals surface area contributed by atoms with Crippen LogP contribution in [0.25, 0.3) is 11.6 Å². The van der Waals surface area contributed by atoms with Gasteiger partial charge >= 0.3 is 0 Å². The lowest BCUT2D eigenvalue weighted by Gasteiger charge is -2.32. The summed E-state index contributed by atoms with van der Waals surface area (Å²) in [6.07, 6.45) is 6.60. The molecule has 1 fully saturated rings. The van der Waals surface area contributed by atoms with E-state index in [0.717, 1.165) is 32.1 Å². The Morgan fingerprint density at radius 3 is 2.66 bits per heavy atom. The van der Waals surface area contributed by atoms with Crippen molar-refractivity contribution in [3.05, 3.63) is 76.9 Å².